The Labute approximate surface area is 176 Å². The van der Waals surface area contributed by atoms with E-state index in [2.05, 4.69) is 5.32 Å². The number of thioether (sulfide) groups is 1. The number of aliphatic carboxylic acids is 1. The van der Waals surface area contributed by atoms with E-state index >= 15 is 0 Å². The van der Waals surface area contributed by atoms with Crippen LogP contribution in [-0.4, -0.2) is 63.5 Å². The minimum Gasteiger partial charge on any atom is -0.477 e. The molecule has 3 aliphatic heterocycles. The number of carboxylic acids is 1. The van der Waals surface area contributed by atoms with Crippen molar-refractivity contribution in [2.75, 3.05) is 13.1 Å². The summed E-state index contributed by atoms with van der Waals surface area (Å²) < 4.78 is 0. The number of nitrogens with zero attached hydrogens (tertiary/aromatic N) is 1. The largest absolute Gasteiger partial charge is 0.477 e. The number of rotatable bonds is 6. The Bertz CT molecular complexity index is 704. The molecule has 5 N–H and O–H groups in total. The van der Waals surface area contributed by atoms with Crippen LogP contribution in [0.25, 0.3) is 0 Å². The summed E-state index contributed by atoms with van der Waals surface area (Å²) in [5.74, 6) is -0.499. The summed E-state index contributed by atoms with van der Waals surface area (Å²) in [6.07, 6.45) is 5.13. The molecule has 6 atom stereocenters. The van der Waals surface area contributed by atoms with Crippen LogP contribution in [0.4, 0.5) is 0 Å². The average Bonchev–Trinajstić information content (AvgIpc) is 3.24. The Balaban J connectivity index is 1.43. The molecule has 162 valence electrons. The summed E-state index contributed by atoms with van der Waals surface area (Å²) >= 11 is 1.64. The fourth-order valence-electron chi connectivity index (χ4n) is 5.87. The van der Waals surface area contributed by atoms with Gasteiger partial charge in [-0.1, -0.05) is 6.92 Å². The second-order valence-electron chi connectivity index (χ2n) is 9.28. The van der Waals surface area contributed by atoms with Gasteiger partial charge in [0.1, 0.15) is 5.70 Å². The first-order chi connectivity index (χ1) is 13.8. The monoisotopic (exact) mass is 423 g/mol. The van der Waals surface area contributed by atoms with Gasteiger partial charge in [-0.15, -0.1) is 11.8 Å². The molecule has 29 heavy (non-hydrogen) atoms. The van der Waals surface area contributed by atoms with Crippen LogP contribution in [0.5, 0.6) is 0 Å². The van der Waals surface area contributed by atoms with E-state index in [0.29, 0.717) is 23.1 Å². The van der Waals surface area contributed by atoms with Crippen molar-refractivity contribution in [3.63, 3.8) is 0 Å². The van der Waals surface area contributed by atoms with Gasteiger partial charge in [-0.05, 0) is 57.4 Å². The lowest BCUT2D eigenvalue weighted by Crippen LogP contribution is -2.63. The molecule has 4 rings (SSSR count). The van der Waals surface area contributed by atoms with Crippen LogP contribution in [0.2, 0.25) is 0 Å². The van der Waals surface area contributed by atoms with Gasteiger partial charge in [0.15, 0.2) is 0 Å². The maximum atomic E-state index is 12.5. The third kappa shape index (κ3) is 3.62. The van der Waals surface area contributed by atoms with Gasteiger partial charge in [0.2, 0.25) is 5.91 Å². The zero-order chi connectivity index (χ0) is 20.9. The molecule has 0 spiro atoms. The lowest BCUT2D eigenvalue weighted by molar-refractivity contribution is -0.163. The van der Waals surface area contributed by atoms with Gasteiger partial charge in [0, 0.05) is 28.7 Å². The second-order valence-corrected chi connectivity index (χ2v) is 10.6. The van der Waals surface area contributed by atoms with Gasteiger partial charge < -0.3 is 26.2 Å². The molecule has 0 unspecified atom stereocenters. The predicted molar refractivity (Wildman–Crippen MR) is 112 cm³/mol. The van der Waals surface area contributed by atoms with Gasteiger partial charge >= 0.3 is 5.97 Å². The van der Waals surface area contributed by atoms with Crippen molar-refractivity contribution in [3.05, 3.63) is 10.6 Å². The number of hydrogen-bond acceptors (Lipinski definition) is 6. The normalized spacial score (nSPS) is 40.8. The van der Waals surface area contributed by atoms with Crippen LogP contribution in [-0.2, 0) is 9.59 Å². The molecule has 0 aromatic rings. The van der Waals surface area contributed by atoms with Crippen LogP contribution < -0.4 is 11.1 Å². The molecule has 3 fully saturated rings. The third-order valence-corrected chi connectivity index (χ3v) is 9.03. The fourth-order valence-corrected chi connectivity index (χ4v) is 7.36. The molecule has 3 heterocycles. The van der Waals surface area contributed by atoms with Crippen molar-refractivity contribution < 1.29 is 19.8 Å². The molecule has 7 nitrogen and oxygen atoms in total. The lowest BCUT2D eigenvalue weighted by atomic mass is 9.78. The molecule has 4 aliphatic rings. The second kappa shape index (κ2) is 8.21. The standard InChI is InChI=1S/C21H33N3O4S/c1-10-17-16(11(2)25)20(26)24(17)18(21(27)28)19(10)29-14-7-15(23-9-14)13-5-3-12(8-22)4-6-13/h10-17,23,25H,3-9,22H2,1-2H3,(H,27,28)/t10-,11-,12?,13?,14+,15-,16-,17-/m1/s1. The zero-order valence-corrected chi connectivity index (χ0v) is 18.0. The van der Waals surface area contributed by atoms with Crippen LogP contribution in [0, 0.1) is 23.7 Å². The molecule has 1 saturated carbocycles. The molecule has 2 saturated heterocycles. The summed E-state index contributed by atoms with van der Waals surface area (Å²) in [5, 5.41) is 23.8. The lowest BCUT2D eigenvalue weighted by Gasteiger charge is -2.46. The summed E-state index contributed by atoms with van der Waals surface area (Å²) in [6.45, 7) is 5.26. The van der Waals surface area contributed by atoms with Crippen LogP contribution >= 0.6 is 11.8 Å². The number of carbonyl (C=O) groups is 2. The van der Waals surface area contributed by atoms with Crippen molar-refractivity contribution in [2.45, 2.75) is 69.4 Å². The van der Waals surface area contributed by atoms with E-state index in [1.54, 1.807) is 18.7 Å². The Hall–Kier alpha value is -1.09. The Morgan fingerprint density at radius 2 is 2.03 bits per heavy atom. The SMILES string of the molecule is C[C@@H](O)[C@H]1C(=O)N2C(C(=O)O)=C(S[C@@H]3CN[C@@H](C4CCC(CN)CC4)C3)[C@H](C)[C@H]12. The van der Waals surface area contributed by atoms with E-state index in [9.17, 15) is 19.8 Å². The van der Waals surface area contributed by atoms with Gasteiger partial charge in [-0.3, -0.25) is 4.79 Å². The van der Waals surface area contributed by atoms with Gasteiger partial charge in [0.25, 0.3) is 0 Å². The maximum absolute atomic E-state index is 12.5. The Morgan fingerprint density at radius 3 is 2.62 bits per heavy atom. The summed E-state index contributed by atoms with van der Waals surface area (Å²) in [7, 11) is 0. The van der Waals surface area contributed by atoms with Crippen molar-refractivity contribution >= 4 is 23.6 Å². The molecule has 1 amide bonds. The molecule has 0 aromatic carbocycles. The number of fused-ring (bicyclic) bond motifs is 1. The van der Waals surface area contributed by atoms with E-state index in [4.69, 9.17) is 5.73 Å². The average molecular weight is 424 g/mol. The highest BCUT2D eigenvalue weighted by Crippen LogP contribution is 2.52. The summed E-state index contributed by atoms with van der Waals surface area (Å²) in [5.41, 5.74) is 5.96. The van der Waals surface area contributed by atoms with Crippen molar-refractivity contribution in [1.29, 1.82) is 0 Å². The highest BCUT2D eigenvalue weighted by molar-refractivity contribution is 8.03. The molecule has 8 heteroatoms. The molecular weight excluding hydrogens is 390 g/mol. The summed E-state index contributed by atoms with van der Waals surface area (Å²) in [6, 6.07) is 0.258. The zero-order valence-electron chi connectivity index (χ0n) is 17.2. The predicted octanol–water partition coefficient (Wildman–Crippen LogP) is 1.37. The minimum absolute atomic E-state index is 0.0533. The number of hydrogen-bond donors (Lipinski definition) is 4. The summed E-state index contributed by atoms with van der Waals surface area (Å²) in [4.78, 5) is 26.7. The van der Waals surface area contributed by atoms with Crippen LogP contribution in [0.15, 0.2) is 10.6 Å². The quantitative estimate of drug-likeness (QED) is 0.477. The first-order valence-electron chi connectivity index (χ1n) is 10.9. The number of amides is 1. The maximum Gasteiger partial charge on any atom is 0.353 e. The molecule has 0 bridgehead atoms. The Kier molecular flexibility index (Phi) is 5.99. The van der Waals surface area contributed by atoms with E-state index in [0.717, 1.165) is 24.4 Å². The van der Waals surface area contributed by atoms with Crippen molar-refractivity contribution in [3.8, 4) is 0 Å². The number of carboxylic acid groups (broad SMARTS) is 1. The van der Waals surface area contributed by atoms with Gasteiger partial charge in [-0.25, -0.2) is 4.79 Å². The smallest absolute Gasteiger partial charge is 0.353 e. The van der Waals surface area contributed by atoms with E-state index in [-0.39, 0.29) is 23.6 Å². The number of aliphatic hydroxyl groups excluding tert-OH is 1. The fraction of sp³-hybridized carbons (Fsp3) is 0.810. The van der Waals surface area contributed by atoms with E-state index in [1.807, 2.05) is 6.92 Å². The van der Waals surface area contributed by atoms with E-state index < -0.39 is 18.0 Å². The van der Waals surface area contributed by atoms with Gasteiger partial charge in [0.05, 0.1) is 18.1 Å². The highest BCUT2D eigenvalue weighted by Gasteiger charge is 2.60. The number of nitrogens with one attached hydrogen (secondary N) is 1. The Morgan fingerprint density at radius 1 is 1.34 bits per heavy atom. The van der Waals surface area contributed by atoms with Crippen molar-refractivity contribution in [2.24, 2.45) is 29.4 Å². The molecular formula is C21H33N3O4S. The van der Waals surface area contributed by atoms with Crippen molar-refractivity contribution in [1.82, 2.24) is 10.2 Å². The number of nitrogens with two attached hydrogens (primary N) is 1. The first-order valence-corrected chi connectivity index (χ1v) is 11.8. The third-order valence-electron chi connectivity index (χ3n) is 7.52. The molecule has 1 aliphatic carbocycles. The highest BCUT2D eigenvalue weighted by atomic mass is 32.2. The minimum atomic E-state index is -1.04. The van der Waals surface area contributed by atoms with Gasteiger partial charge in [-0.2, -0.15) is 0 Å². The number of carbonyl (C=O) groups excluding carboxylic acids is 1. The molecule has 0 aromatic heterocycles. The van der Waals surface area contributed by atoms with Crippen LogP contribution in [0.1, 0.15) is 46.0 Å². The number of aliphatic hydroxyl groups is 1. The molecule has 0 radical (unpaired) electrons. The van der Waals surface area contributed by atoms with E-state index in [1.165, 1.54) is 30.6 Å². The first kappa shape index (κ1) is 21.2. The topological polar surface area (TPSA) is 116 Å². The van der Waals surface area contributed by atoms with Crippen LogP contribution in [0.3, 0.4) is 0 Å². The number of β-lactam (4-membered cyclic amide) rings is 1.